The van der Waals surface area contributed by atoms with Crippen molar-refractivity contribution in [3.05, 3.63) is 29.3 Å². The third-order valence-electron chi connectivity index (χ3n) is 4.63. The molecule has 0 amide bonds. The van der Waals surface area contributed by atoms with Crippen molar-refractivity contribution in [2.45, 2.75) is 37.2 Å². The fraction of sp³-hybridized carbons (Fsp3) is 0.611. The van der Waals surface area contributed by atoms with E-state index in [-0.39, 0.29) is 24.0 Å². The van der Waals surface area contributed by atoms with Gasteiger partial charge in [0.05, 0.1) is 4.90 Å². The molecule has 8 heteroatoms. The fourth-order valence-corrected chi connectivity index (χ4v) is 4.06. The summed E-state index contributed by atoms with van der Waals surface area (Å²) in [4.78, 5) is 6.93. The Bertz CT molecular complexity index is 729. The molecule has 0 saturated heterocycles. The highest BCUT2D eigenvalue weighted by Gasteiger charge is 2.32. The van der Waals surface area contributed by atoms with Gasteiger partial charge < -0.3 is 15.5 Å². The molecule has 6 nitrogen and oxygen atoms in total. The van der Waals surface area contributed by atoms with Gasteiger partial charge in [0, 0.05) is 32.4 Å². The van der Waals surface area contributed by atoms with Gasteiger partial charge in [-0.05, 0) is 57.0 Å². The summed E-state index contributed by atoms with van der Waals surface area (Å²) in [6.07, 6.45) is 3.85. The lowest BCUT2D eigenvalue weighted by Crippen LogP contribution is -2.45. The summed E-state index contributed by atoms with van der Waals surface area (Å²) in [6, 6.07) is 5.95. The van der Waals surface area contributed by atoms with Gasteiger partial charge in [-0.25, -0.2) is 8.42 Å². The lowest BCUT2D eigenvalue weighted by atomic mass is 10.1. The van der Waals surface area contributed by atoms with Gasteiger partial charge in [-0.15, -0.1) is 24.0 Å². The molecule has 2 N–H and O–H groups in total. The lowest BCUT2D eigenvalue weighted by Gasteiger charge is -2.25. The molecule has 1 aromatic carbocycles. The molecular formula is C18H31IN4O2S. The van der Waals surface area contributed by atoms with Gasteiger partial charge in [0.2, 0.25) is 0 Å². The summed E-state index contributed by atoms with van der Waals surface area (Å²) >= 11 is 0. The molecule has 0 heterocycles. The van der Waals surface area contributed by atoms with Crippen LogP contribution >= 0.6 is 24.0 Å². The third-order valence-corrected chi connectivity index (χ3v) is 5.89. The molecule has 1 atom stereocenters. The molecule has 2 rings (SSSR count). The van der Waals surface area contributed by atoms with Crippen LogP contribution in [0.4, 0.5) is 0 Å². The number of rotatable bonds is 7. The van der Waals surface area contributed by atoms with Gasteiger partial charge in [-0.3, -0.25) is 4.99 Å². The summed E-state index contributed by atoms with van der Waals surface area (Å²) < 4.78 is 23.4. The minimum absolute atomic E-state index is 0. The van der Waals surface area contributed by atoms with Crippen LogP contribution in [-0.2, 0) is 16.4 Å². The topological polar surface area (TPSA) is 73.8 Å². The average Bonchev–Trinajstić information content (AvgIpc) is 3.33. The molecule has 1 aliphatic carbocycles. The van der Waals surface area contributed by atoms with Crippen molar-refractivity contribution in [3.63, 3.8) is 0 Å². The van der Waals surface area contributed by atoms with Gasteiger partial charge in [0.1, 0.15) is 0 Å². The summed E-state index contributed by atoms with van der Waals surface area (Å²) in [7, 11) is 2.82. The van der Waals surface area contributed by atoms with Crippen LogP contribution in [0.2, 0.25) is 0 Å². The van der Waals surface area contributed by atoms with E-state index in [4.69, 9.17) is 0 Å². The summed E-state index contributed by atoms with van der Waals surface area (Å²) in [5.41, 5.74) is 1.80. The largest absolute Gasteiger partial charge is 0.355 e. The number of nitrogens with one attached hydrogen (secondary N) is 2. The molecule has 1 unspecified atom stereocenters. The zero-order valence-electron chi connectivity index (χ0n) is 16.2. The molecule has 26 heavy (non-hydrogen) atoms. The minimum Gasteiger partial charge on any atom is -0.355 e. The molecule has 0 aliphatic heterocycles. The van der Waals surface area contributed by atoms with Gasteiger partial charge >= 0.3 is 0 Å². The maximum atomic E-state index is 11.7. The monoisotopic (exact) mass is 494 g/mol. The Labute approximate surface area is 174 Å². The Kier molecular flexibility index (Phi) is 8.81. The number of aliphatic imine (C=N–C) groups is 1. The Morgan fingerprint density at radius 2 is 1.96 bits per heavy atom. The SMILES string of the molecule is CN=C(NCc1ccc(S(C)(=O)=O)c(C)c1)NCC(C1CC1)N(C)C.I. The number of guanidine groups is 1. The van der Waals surface area contributed by atoms with Crippen LogP contribution in [0.15, 0.2) is 28.1 Å². The van der Waals surface area contributed by atoms with Crippen molar-refractivity contribution in [1.82, 2.24) is 15.5 Å². The van der Waals surface area contributed by atoms with Crippen molar-refractivity contribution in [2.24, 2.45) is 10.9 Å². The lowest BCUT2D eigenvalue weighted by molar-refractivity contribution is 0.264. The first-order chi connectivity index (χ1) is 11.7. The van der Waals surface area contributed by atoms with Crippen LogP contribution in [0.5, 0.6) is 0 Å². The van der Waals surface area contributed by atoms with Crippen LogP contribution in [0.25, 0.3) is 0 Å². The number of nitrogens with zero attached hydrogens (tertiary/aromatic N) is 2. The number of aryl methyl sites for hydroxylation is 1. The zero-order valence-corrected chi connectivity index (χ0v) is 19.4. The predicted octanol–water partition coefficient (Wildman–Crippen LogP) is 2.02. The van der Waals surface area contributed by atoms with Crippen LogP contribution < -0.4 is 10.6 Å². The maximum Gasteiger partial charge on any atom is 0.191 e. The van der Waals surface area contributed by atoms with E-state index < -0.39 is 9.84 Å². The average molecular weight is 494 g/mol. The van der Waals surface area contributed by atoms with E-state index in [9.17, 15) is 8.42 Å². The Hall–Kier alpha value is -0.870. The zero-order chi connectivity index (χ0) is 18.6. The minimum atomic E-state index is -3.18. The first-order valence-corrected chi connectivity index (χ1v) is 10.5. The first-order valence-electron chi connectivity index (χ1n) is 8.63. The second kappa shape index (κ2) is 9.89. The molecular weight excluding hydrogens is 463 g/mol. The second-order valence-corrected chi connectivity index (χ2v) is 9.03. The predicted molar refractivity (Wildman–Crippen MR) is 118 cm³/mol. The van der Waals surface area contributed by atoms with Gasteiger partial charge in [0.15, 0.2) is 15.8 Å². The van der Waals surface area contributed by atoms with E-state index in [0.29, 0.717) is 17.5 Å². The van der Waals surface area contributed by atoms with Crippen LogP contribution in [-0.4, -0.2) is 59.3 Å². The Morgan fingerprint density at radius 1 is 1.31 bits per heavy atom. The van der Waals surface area contributed by atoms with Crippen molar-refractivity contribution in [1.29, 1.82) is 0 Å². The van der Waals surface area contributed by atoms with E-state index in [0.717, 1.165) is 29.5 Å². The number of sulfone groups is 1. The molecule has 1 aliphatic rings. The first kappa shape index (κ1) is 23.2. The fourth-order valence-electron chi connectivity index (χ4n) is 3.10. The molecule has 1 saturated carbocycles. The van der Waals surface area contributed by atoms with E-state index in [2.05, 4.69) is 34.6 Å². The quantitative estimate of drug-likeness (QED) is 0.345. The number of hydrogen-bond donors (Lipinski definition) is 2. The van der Waals surface area contributed by atoms with E-state index in [1.807, 2.05) is 19.1 Å². The third kappa shape index (κ3) is 6.70. The number of benzene rings is 1. The number of hydrogen-bond acceptors (Lipinski definition) is 4. The van der Waals surface area contributed by atoms with Gasteiger partial charge in [-0.2, -0.15) is 0 Å². The highest BCUT2D eigenvalue weighted by Crippen LogP contribution is 2.34. The molecule has 1 fully saturated rings. The Morgan fingerprint density at radius 3 is 2.42 bits per heavy atom. The molecule has 1 aromatic rings. The number of likely N-dealkylation sites (N-methyl/N-ethyl adjacent to an activating group) is 1. The second-order valence-electron chi connectivity index (χ2n) is 7.05. The molecule has 148 valence electrons. The standard InChI is InChI=1S/C18H30N4O2S.HI/c1-13-10-14(6-9-17(13)25(5,23)24)11-20-18(19-2)21-12-16(22(3)4)15-7-8-15;/h6,9-10,15-16H,7-8,11-12H2,1-5H3,(H2,19,20,21);1H. The smallest absolute Gasteiger partial charge is 0.191 e. The van der Waals surface area contributed by atoms with Crippen molar-refractivity contribution >= 4 is 39.8 Å². The highest BCUT2D eigenvalue weighted by atomic mass is 127. The summed E-state index contributed by atoms with van der Waals surface area (Å²) in [5.74, 6) is 1.55. The highest BCUT2D eigenvalue weighted by molar-refractivity contribution is 14.0. The molecule has 0 spiro atoms. The molecule has 0 aromatic heterocycles. The van der Waals surface area contributed by atoms with Gasteiger partial charge in [0.25, 0.3) is 0 Å². The van der Waals surface area contributed by atoms with Crippen molar-refractivity contribution in [3.8, 4) is 0 Å². The van der Waals surface area contributed by atoms with E-state index >= 15 is 0 Å². The van der Waals surface area contributed by atoms with Crippen LogP contribution in [0.1, 0.15) is 24.0 Å². The van der Waals surface area contributed by atoms with E-state index in [1.165, 1.54) is 19.1 Å². The Balaban J connectivity index is 0.00000338. The van der Waals surface area contributed by atoms with E-state index in [1.54, 1.807) is 13.1 Å². The summed E-state index contributed by atoms with van der Waals surface area (Å²) in [5, 5.41) is 6.69. The van der Waals surface area contributed by atoms with Gasteiger partial charge in [-0.1, -0.05) is 12.1 Å². The summed E-state index contributed by atoms with van der Waals surface area (Å²) in [6.45, 7) is 3.29. The van der Waals surface area contributed by atoms with Crippen molar-refractivity contribution in [2.75, 3.05) is 33.9 Å². The maximum absolute atomic E-state index is 11.7. The number of halogens is 1. The molecule has 0 bridgehead atoms. The normalized spacial score (nSPS) is 16.2. The van der Waals surface area contributed by atoms with Crippen molar-refractivity contribution < 1.29 is 8.42 Å². The van der Waals surface area contributed by atoms with Crippen LogP contribution in [0.3, 0.4) is 0 Å². The molecule has 0 radical (unpaired) electrons. The van der Waals surface area contributed by atoms with Crippen LogP contribution in [0, 0.1) is 12.8 Å².